The molecular formula is C12H20N4O2S. The first-order valence-electron chi connectivity index (χ1n) is 6.39. The van der Waals surface area contributed by atoms with E-state index in [-0.39, 0.29) is 5.75 Å². The molecule has 0 aliphatic carbocycles. The summed E-state index contributed by atoms with van der Waals surface area (Å²) in [7, 11) is 0.0671. The van der Waals surface area contributed by atoms with E-state index >= 15 is 0 Å². The third-order valence-corrected chi connectivity index (χ3v) is 5.30. The van der Waals surface area contributed by atoms with Gasteiger partial charge in [0.15, 0.2) is 0 Å². The lowest BCUT2D eigenvalue weighted by atomic mass is 10.1. The number of aromatic nitrogens is 2. The van der Waals surface area contributed by atoms with Crippen LogP contribution in [0.1, 0.15) is 17.7 Å². The molecule has 0 amide bonds. The van der Waals surface area contributed by atoms with Crippen molar-refractivity contribution in [3.63, 3.8) is 0 Å². The molecule has 1 aromatic heterocycles. The van der Waals surface area contributed by atoms with Crippen LogP contribution in [-0.4, -0.2) is 60.5 Å². The van der Waals surface area contributed by atoms with Crippen LogP contribution in [0.4, 0.5) is 0 Å². The molecule has 0 saturated carbocycles. The van der Waals surface area contributed by atoms with E-state index in [9.17, 15) is 8.42 Å². The van der Waals surface area contributed by atoms with E-state index in [4.69, 9.17) is 0 Å². The van der Waals surface area contributed by atoms with Crippen molar-refractivity contribution < 1.29 is 8.42 Å². The monoisotopic (exact) mass is 284 g/mol. The van der Waals surface area contributed by atoms with E-state index in [0.29, 0.717) is 6.42 Å². The topological polar surface area (TPSA) is 66.4 Å². The molecular weight excluding hydrogens is 264 g/mol. The molecule has 7 heteroatoms. The van der Waals surface area contributed by atoms with Crippen molar-refractivity contribution in [1.82, 2.24) is 19.2 Å². The van der Waals surface area contributed by atoms with E-state index in [0.717, 1.165) is 31.7 Å². The summed E-state index contributed by atoms with van der Waals surface area (Å²) >= 11 is 0. The molecule has 1 aromatic rings. The highest BCUT2D eigenvalue weighted by Gasteiger charge is 2.18. The molecule has 19 heavy (non-hydrogen) atoms. The lowest BCUT2D eigenvalue weighted by Crippen LogP contribution is -2.34. The van der Waals surface area contributed by atoms with Gasteiger partial charge in [-0.05, 0) is 24.9 Å². The largest absolute Gasteiger partial charge is 0.297 e. The van der Waals surface area contributed by atoms with Gasteiger partial charge in [0.1, 0.15) is 6.33 Å². The van der Waals surface area contributed by atoms with Crippen molar-refractivity contribution in [3.05, 3.63) is 23.8 Å². The zero-order chi connectivity index (χ0) is 13.9. The molecule has 6 nitrogen and oxygen atoms in total. The Bertz CT molecular complexity index is 530. The van der Waals surface area contributed by atoms with Gasteiger partial charge in [-0.2, -0.15) is 0 Å². The van der Waals surface area contributed by atoms with Gasteiger partial charge >= 0.3 is 0 Å². The SMILES string of the molecule is CN(C)S(=O)(=O)CCCN1CCc2cncnc2C1. The van der Waals surface area contributed by atoms with Crippen LogP contribution in [0.25, 0.3) is 0 Å². The van der Waals surface area contributed by atoms with E-state index in [2.05, 4.69) is 14.9 Å². The van der Waals surface area contributed by atoms with E-state index in [1.165, 1.54) is 9.87 Å². The molecule has 0 bridgehead atoms. The fourth-order valence-electron chi connectivity index (χ4n) is 2.15. The average Bonchev–Trinajstić information content (AvgIpc) is 2.38. The normalized spacial score (nSPS) is 16.6. The molecule has 0 saturated heterocycles. The fourth-order valence-corrected chi connectivity index (χ4v) is 3.01. The van der Waals surface area contributed by atoms with Crippen molar-refractivity contribution in [2.24, 2.45) is 0 Å². The van der Waals surface area contributed by atoms with Gasteiger partial charge in [0.2, 0.25) is 10.0 Å². The van der Waals surface area contributed by atoms with Gasteiger partial charge in [-0.1, -0.05) is 0 Å². The van der Waals surface area contributed by atoms with Gasteiger partial charge in [-0.3, -0.25) is 4.90 Å². The maximum atomic E-state index is 11.7. The van der Waals surface area contributed by atoms with Crippen LogP contribution >= 0.6 is 0 Å². The zero-order valence-electron chi connectivity index (χ0n) is 11.4. The number of rotatable bonds is 5. The third-order valence-electron chi connectivity index (χ3n) is 3.38. The van der Waals surface area contributed by atoms with E-state index < -0.39 is 10.0 Å². The second-order valence-electron chi connectivity index (χ2n) is 4.97. The van der Waals surface area contributed by atoms with Crippen LogP contribution < -0.4 is 0 Å². The second-order valence-corrected chi connectivity index (χ2v) is 7.28. The minimum atomic E-state index is -3.08. The maximum Gasteiger partial charge on any atom is 0.213 e. The first kappa shape index (κ1) is 14.4. The van der Waals surface area contributed by atoms with Crippen molar-refractivity contribution in [1.29, 1.82) is 0 Å². The molecule has 0 aromatic carbocycles. The molecule has 0 atom stereocenters. The molecule has 1 aliphatic heterocycles. The molecule has 0 N–H and O–H groups in total. The summed E-state index contributed by atoms with van der Waals surface area (Å²) < 4.78 is 24.6. The summed E-state index contributed by atoms with van der Waals surface area (Å²) in [6.45, 7) is 2.53. The maximum absolute atomic E-state index is 11.7. The first-order chi connectivity index (χ1) is 8.99. The molecule has 2 heterocycles. The van der Waals surface area contributed by atoms with Gasteiger partial charge < -0.3 is 0 Å². The van der Waals surface area contributed by atoms with Crippen LogP contribution in [0.15, 0.2) is 12.5 Å². The summed E-state index contributed by atoms with van der Waals surface area (Å²) in [5, 5.41) is 0. The van der Waals surface area contributed by atoms with Crippen molar-refractivity contribution in [2.45, 2.75) is 19.4 Å². The summed E-state index contributed by atoms with van der Waals surface area (Å²) in [6.07, 6.45) is 5.03. The molecule has 1 aliphatic rings. The predicted molar refractivity (Wildman–Crippen MR) is 73.1 cm³/mol. The van der Waals surface area contributed by atoms with Gasteiger partial charge in [-0.25, -0.2) is 22.7 Å². The zero-order valence-corrected chi connectivity index (χ0v) is 12.2. The third kappa shape index (κ3) is 3.71. The minimum absolute atomic E-state index is 0.202. The van der Waals surface area contributed by atoms with Crippen molar-refractivity contribution >= 4 is 10.0 Å². The standard InChI is InChI=1S/C12H20N4O2S/c1-15(2)19(17,18)7-3-5-16-6-4-11-8-13-10-14-12(11)9-16/h8,10H,3-7,9H2,1-2H3. The number of nitrogens with zero attached hydrogens (tertiary/aromatic N) is 4. The fraction of sp³-hybridized carbons (Fsp3) is 0.667. The van der Waals surface area contributed by atoms with E-state index in [1.54, 1.807) is 20.4 Å². The average molecular weight is 284 g/mol. The van der Waals surface area contributed by atoms with Gasteiger partial charge in [0, 0.05) is 33.4 Å². The quantitative estimate of drug-likeness (QED) is 0.768. The lowest BCUT2D eigenvalue weighted by Gasteiger charge is -2.27. The minimum Gasteiger partial charge on any atom is -0.297 e. The van der Waals surface area contributed by atoms with Crippen LogP contribution in [0.3, 0.4) is 0 Å². The number of sulfonamides is 1. The van der Waals surface area contributed by atoms with Gasteiger partial charge in [0.05, 0.1) is 11.4 Å². The Morgan fingerprint density at radius 3 is 2.95 bits per heavy atom. The van der Waals surface area contributed by atoms with Crippen LogP contribution in [0.2, 0.25) is 0 Å². The Kier molecular flexibility index (Phi) is 4.49. The molecule has 2 rings (SSSR count). The van der Waals surface area contributed by atoms with E-state index in [1.807, 2.05) is 6.20 Å². The molecule has 0 unspecified atom stereocenters. The lowest BCUT2D eigenvalue weighted by molar-refractivity contribution is 0.250. The molecule has 106 valence electrons. The van der Waals surface area contributed by atoms with Crippen molar-refractivity contribution in [2.75, 3.05) is 32.9 Å². The number of fused-ring (bicyclic) bond motifs is 1. The summed E-state index contributed by atoms with van der Waals surface area (Å²) in [6, 6.07) is 0. The van der Waals surface area contributed by atoms with Crippen LogP contribution in [0, 0.1) is 0 Å². The highest BCUT2D eigenvalue weighted by atomic mass is 32.2. The number of hydrogen-bond donors (Lipinski definition) is 0. The Morgan fingerprint density at radius 1 is 1.42 bits per heavy atom. The van der Waals surface area contributed by atoms with Crippen LogP contribution in [-0.2, 0) is 23.0 Å². The second kappa shape index (κ2) is 5.94. The first-order valence-corrected chi connectivity index (χ1v) is 8.00. The molecule has 0 spiro atoms. The predicted octanol–water partition coefficient (Wildman–Crippen LogP) is 0.116. The highest BCUT2D eigenvalue weighted by Crippen LogP contribution is 2.15. The Morgan fingerprint density at radius 2 is 2.21 bits per heavy atom. The van der Waals surface area contributed by atoms with Crippen LogP contribution in [0.5, 0.6) is 0 Å². The highest BCUT2D eigenvalue weighted by molar-refractivity contribution is 7.89. The van der Waals surface area contributed by atoms with Gasteiger partial charge in [0.25, 0.3) is 0 Å². The Labute approximate surface area is 114 Å². The summed E-state index contributed by atoms with van der Waals surface area (Å²) in [5.74, 6) is 0.202. The smallest absolute Gasteiger partial charge is 0.213 e. The summed E-state index contributed by atoms with van der Waals surface area (Å²) in [4.78, 5) is 10.5. The summed E-state index contributed by atoms with van der Waals surface area (Å²) in [5.41, 5.74) is 2.27. The molecule has 0 radical (unpaired) electrons. The Balaban J connectivity index is 1.84. The van der Waals surface area contributed by atoms with Gasteiger partial charge in [-0.15, -0.1) is 0 Å². The Hall–Kier alpha value is -1.05. The molecule has 0 fully saturated rings. The number of hydrogen-bond acceptors (Lipinski definition) is 5. The van der Waals surface area contributed by atoms with Crippen molar-refractivity contribution in [3.8, 4) is 0 Å².